The Kier molecular flexibility index (Phi) is 9.53. The van der Waals surface area contributed by atoms with E-state index in [-0.39, 0.29) is 29.4 Å². The molecule has 2 aliphatic rings. The topological polar surface area (TPSA) is 48.9 Å². The number of benzene rings is 1. The lowest BCUT2D eigenvalue weighted by Gasteiger charge is -2.35. The highest BCUT2D eigenvalue weighted by molar-refractivity contribution is 14.0. The van der Waals surface area contributed by atoms with Crippen LogP contribution < -0.4 is 15.5 Å². The van der Waals surface area contributed by atoms with Crippen molar-refractivity contribution < 1.29 is 4.74 Å². The number of ether oxygens (including phenoxy) is 1. The number of halogens is 1. The molecule has 0 radical (unpaired) electrons. The van der Waals surface area contributed by atoms with Crippen molar-refractivity contribution in [1.82, 2.24) is 10.6 Å². The first-order chi connectivity index (χ1) is 13.5. The van der Waals surface area contributed by atoms with Gasteiger partial charge in [-0.1, -0.05) is 32.9 Å². The monoisotopic (exact) mass is 514 g/mol. The van der Waals surface area contributed by atoms with Gasteiger partial charge in [0.25, 0.3) is 0 Å². The molecule has 0 amide bonds. The fraction of sp³-hybridized carbons (Fsp3) is 0.696. The first-order valence-corrected chi connectivity index (χ1v) is 10.9. The van der Waals surface area contributed by atoms with Crippen LogP contribution in [0.25, 0.3) is 0 Å². The van der Waals surface area contributed by atoms with E-state index in [9.17, 15) is 0 Å². The molecule has 1 aromatic rings. The largest absolute Gasteiger partial charge is 0.379 e. The second-order valence-electron chi connectivity index (χ2n) is 9.22. The van der Waals surface area contributed by atoms with Gasteiger partial charge in [0.1, 0.15) is 0 Å². The molecule has 1 heterocycles. The van der Waals surface area contributed by atoms with Crippen molar-refractivity contribution in [2.45, 2.75) is 57.9 Å². The average molecular weight is 514 g/mol. The van der Waals surface area contributed by atoms with Gasteiger partial charge in [0.15, 0.2) is 5.96 Å². The summed E-state index contributed by atoms with van der Waals surface area (Å²) in [7, 11) is 1.84. The number of nitrogens with one attached hydrogen (secondary N) is 2. The van der Waals surface area contributed by atoms with Crippen LogP contribution in [0.1, 0.15) is 52.0 Å². The van der Waals surface area contributed by atoms with E-state index in [1.54, 1.807) is 0 Å². The minimum Gasteiger partial charge on any atom is -0.379 e. The third kappa shape index (κ3) is 7.96. The van der Waals surface area contributed by atoms with E-state index < -0.39 is 0 Å². The lowest BCUT2D eigenvalue weighted by Crippen LogP contribution is -2.49. The number of nitrogens with zero attached hydrogens (tertiary/aromatic N) is 2. The Balaban J connectivity index is 0.00000300. The van der Waals surface area contributed by atoms with Gasteiger partial charge < -0.3 is 20.3 Å². The van der Waals surface area contributed by atoms with Gasteiger partial charge in [-0.15, -0.1) is 24.0 Å². The Morgan fingerprint density at radius 3 is 2.31 bits per heavy atom. The fourth-order valence-corrected chi connectivity index (χ4v) is 3.62. The zero-order chi connectivity index (χ0) is 20.0. The summed E-state index contributed by atoms with van der Waals surface area (Å²) < 4.78 is 5.68. The summed E-state index contributed by atoms with van der Waals surface area (Å²) in [5, 5.41) is 6.95. The van der Waals surface area contributed by atoms with Crippen molar-refractivity contribution in [3.05, 3.63) is 29.8 Å². The van der Waals surface area contributed by atoms with Gasteiger partial charge >= 0.3 is 0 Å². The summed E-state index contributed by atoms with van der Waals surface area (Å²) in [6.45, 7) is 11.4. The Bertz CT molecular complexity index is 629. The van der Waals surface area contributed by atoms with Crippen molar-refractivity contribution in [1.29, 1.82) is 0 Å². The highest BCUT2D eigenvalue weighted by Gasteiger charge is 2.22. The minimum atomic E-state index is 0. The van der Waals surface area contributed by atoms with E-state index in [0.717, 1.165) is 57.6 Å². The molecule has 0 unspecified atom stereocenters. The number of piperidine rings is 1. The van der Waals surface area contributed by atoms with E-state index in [0.29, 0.717) is 6.04 Å². The molecular weight excluding hydrogens is 475 g/mol. The van der Waals surface area contributed by atoms with Crippen LogP contribution >= 0.6 is 24.0 Å². The van der Waals surface area contributed by atoms with Crippen molar-refractivity contribution in [3.63, 3.8) is 0 Å². The maximum atomic E-state index is 5.68. The van der Waals surface area contributed by atoms with Crippen LogP contribution in [0.5, 0.6) is 0 Å². The number of hydrogen-bond donors (Lipinski definition) is 2. The molecular formula is C23H39IN4O. The maximum Gasteiger partial charge on any atom is 0.191 e. The average Bonchev–Trinajstić information content (AvgIpc) is 3.51. The van der Waals surface area contributed by atoms with Crippen molar-refractivity contribution in [3.8, 4) is 0 Å². The minimum absolute atomic E-state index is 0. The Labute approximate surface area is 194 Å². The lowest BCUT2D eigenvalue weighted by molar-refractivity contribution is 0.129. The van der Waals surface area contributed by atoms with Gasteiger partial charge in [-0.3, -0.25) is 4.99 Å². The van der Waals surface area contributed by atoms with Crippen LogP contribution in [0.2, 0.25) is 0 Å². The number of guanidine groups is 1. The van der Waals surface area contributed by atoms with Gasteiger partial charge in [-0.05, 0) is 54.7 Å². The van der Waals surface area contributed by atoms with Gasteiger partial charge in [-0.2, -0.15) is 0 Å². The molecule has 0 spiro atoms. The molecule has 164 valence electrons. The van der Waals surface area contributed by atoms with E-state index in [4.69, 9.17) is 4.74 Å². The van der Waals surface area contributed by atoms with Crippen molar-refractivity contribution >= 4 is 35.6 Å². The first-order valence-electron chi connectivity index (χ1n) is 10.9. The molecule has 3 rings (SSSR count). The molecule has 2 N–H and O–H groups in total. The molecule has 0 bridgehead atoms. The van der Waals surface area contributed by atoms with Gasteiger partial charge in [0, 0.05) is 45.0 Å². The van der Waals surface area contributed by atoms with Crippen LogP contribution in [-0.2, 0) is 10.2 Å². The van der Waals surface area contributed by atoms with Crippen LogP contribution in [0.15, 0.2) is 29.3 Å². The highest BCUT2D eigenvalue weighted by Crippen LogP contribution is 2.28. The summed E-state index contributed by atoms with van der Waals surface area (Å²) in [6.07, 6.45) is 4.94. The summed E-state index contributed by atoms with van der Waals surface area (Å²) in [5.74, 6) is 1.72. The van der Waals surface area contributed by atoms with E-state index in [2.05, 4.69) is 65.6 Å². The van der Waals surface area contributed by atoms with Crippen LogP contribution in [0, 0.1) is 5.92 Å². The van der Waals surface area contributed by atoms with Gasteiger partial charge in [0.05, 0.1) is 6.61 Å². The summed E-state index contributed by atoms with van der Waals surface area (Å²) in [4.78, 5) is 6.85. The summed E-state index contributed by atoms with van der Waals surface area (Å²) in [6, 6.07) is 9.57. The third-order valence-electron chi connectivity index (χ3n) is 5.75. The highest BCUT2D eigenvalue weighted by atomic mass is 127. The predicted octanol–water partition coefficient (Wildman–Crippen LogP) is 4.16. The van der Waals surface area contributed by atoms with Crippen molar-refractivity contribution in [2.24, 2.45) is 10.9 Å². The van der Waals surface area contributed by atoms with Crippen LogP contribution in [0.4, 0.5) is 5.69 Å². The number of hydrogen-bond acceptors (Lipinski definition) is 3. The predicted molar refractivity (Wildman–Crippen MR) is 134 cm³/mol. The number of aliphatic imine (C=N–C) groups is 1. The SMILES string of the molecule is CN=C(NCCOCC1CC1)NC1CCN(c2ccc(C(C)(C)C)cc2)CC1.I. The standard InChI is InChI=1S/C23H38N4O.HI/c1-23(2,3)19-7-9-21(10-8-19)27-14-11-20(12-15-27)26-22(24-4)25-13-16-28-17-18-5-6-18;/h7-10,18,20H,5-6,11-17H2,1-4H3,(H2,24,25,26);1H. The molecule has 5 nitrogen and oxygen atoms in total. The molecule has 6 heteroatoms. The zero-order valence-corrected chi connectivity index (χ0v) is 20.9. The summed E-state index contributed by atoms with van der Waals surface area (Å²) >= 11 is 0. The number of rotatable bonds is 7. The quantitative estimate of drug-likeness (QED) is 0.248. The molecule has 2 fully saturated rings. The summed E-state index contributed by atoms with van der Waals surface area (Å²) in [5.41, 5.74) is 2.94. The van der Waals surface area contributed by atoms with Crippen LogP contribution in [0.3, 0.4) is 0 Å². The normalized spacial score (nSPS) is 18.3. The second-order valence-corrected chi connectivity index (χ2v) is 9.22. The molecule has 29 heavy (non-hydrogen) atoms. The molecule has 1 saturated heterocycles. The molecule has 1 aliphatic heterocycles. The smallest absolute Gasteiger partial charge is 0.191 e. The van der Waals surface area contributed by atoms with E-state index >= 15 is 0 Å². The molecule has 0 aromatic heterocycles. The maximum absolute atomic E-state index is 5.68. The second kappa shape index (κ2) is 11.4. The van der Waals surface area contributed by atoms with Gasteiger partial charge in [0.2, 0.25) is 0 Å². The Morgan fingerprint density at radius 2 is 1.76 bits per heavy atom. The van der Waals surface area contributed by atoms with Crippen LogP contribution in [-0.4, -0.2) is 51.9 Å². The zero-order valence-electron chi connectivity index (χ0n) is 18.5. The van der Waals surface area contributed by atoms with Crippen molar-refractivity contribution in [2.75, 3.05) is 44.8 Å². The van der Waals surface area contributed by atoms with Gasteiger partial charge in [-0.25, -0.2) is 0 Å². The van der Waals surface area contributed by atoms with E-state index in [1.165, 1.54) is 24.1 Å². The Morgan fingerprint density at radius 1 is 1.10 bits per heavy atom. The fourth-order valence-electron chi connectivity index (χ4n) is 3.62. The molecule has 0 atom stereocenters. The number of anilines is 1. The first kappa shape index (κ1) is 24.3. The van der Waals surface area contributed by atoms with E-state index in [1.807, 2.05) is 7.05 Å². The Hall–Kier alpha value is -1.02. The molecule has 1 aliphatic carbocycles. The lowest BCUT2D eigenvalue weighted by atomic mass is 9.87. The third-order valence-corrected chi connectivity index (χ3v) is 5.75. The molecule has 1 saturated carbocycles. The molecule has 1 aromatic carbocycles.